The number of alkyl halides is 3. The summed E-state index contributed by atoms with van der Waals surface area (Å²) >= 11 is 0. The fraction of sp³-hybridized carbons (Fsp3) is 0.167. The third kappa shape index (κ3) is 3.58. The molecule has 0 radical (unpaired) electrons. The number of amides is 1. The number of pyridine rings is 1. The van der Waals surface area contributed by atoms with Crippen LogP contribution in [0.5, 0.6) is 0 Å². The number of benzene rings is 1. The van der Waals surface area contributed by atoms with Crippen LogP contribution in [0.3, 0.4) is 0 Å². The van der Waals surface area contributed by atoms with Gasteiger partial charge in [-0.05, 0) is 19.1 Å². The van der Waals surface area contributed by atoms with Gasteiger partial charge in [-0.1, -0.05) is 36.4 Å². The number of H-pyrrole nitrogens is 1. The molecule has 0 aliphatic rings. The Balaban J connectivity index is 1.96. The lowest BCUT2D eigenvalue weighted by atomic mass is 10.0. The minimum atomic E-state index is -4.69. The second-order valence-corrected chi connectivity index (χ2v) is 5.64. The molecule has 5 nitrogen and oxygen atoms in total. The van der Waals surface area contributed by atoms with Gasteiger partial charge in [0.1, 0.15) is 5.69 Å². The zero-order valence-corrected chi connectivity index (χ0v) is 13.7. The fourth-order valence-corrected chi connectivity index (χ4v) is 2.59. The van der Waals surface area contributed by atoms with Crippen molar-refractivity contribution in [1.29, 1.82) is 0 Å². The summed E-state index contributed by atoms with van der Waals surface area (Å²) in [5.74, 6) is -0.872. The van der Waals surface area contributed by atoms with Gasteiger partial charge in [-0.2, -0.15) is 18.3 Å². The normalized spacial score (nSPS) is 12.6. The molecular weight excluding hydrogens is 345 g/mol. The Labute approximate surface area is 147 Å². The van der Waals surface area contributed by atoms with Crippen molar-refractivity contribution in [2.45, 2.75) is 19.1 Å². The van der Waals surface area contributed by atoms with Gasteiger partial charge in [0.15, 0.2) is 6.04 Å². The molecular formula is C18H15F3N4O. The minimum absolute atomic E-state index is 0.0707. The topological polar surface area (TPSA) is 70.7 Å². The van der Waals surface area contributed by atoms with E-state index in [9.17, 15) is 18.0 Å². The van der Waals surface area contributed by atoms with E-state index in [-0.39, 0.29) is 11.3 Å². The number of aromatic amines is 1. The van der Waals surface area contributed by atoms with E-state index in [1.807, 2.05) is 5.32 Å². The lowest BCUT2D eigenvalue weighted by molar-refractivity contribution is -0.156. The second kappa shape index (κ2) is 6.99. The third-order valence-electron chi connectivity index (χ3n) is 3.81. The molecule has 3 rings (SSSR count). The molecule has 1 atom stereocenters. The molecule has 8 heteroatoms. The highest BCUT2D eigenvalue weighted by Crippen LogP contribution is 2.32. The molecule has 0 aliphatic heterocycles. The van der Waals surface area contributed by atoms with Gasteiger partial charge >= 0.3 is 6.18 Å². The first-order valence-electron chi connectivity index (χ1n) is 7.77. The Bertz CT molecular complexity index is 892. The number of aromatic nitrogens is 3. The maximum atomic E-state index is 13.5. The molecule has 2 heterocycles. The average molecular weight is 360 g/mol. The first kappa shape index (κ1) is 17.7. The molecule has 1 unspecified atom stereocenters. The van der Waals surface area contributed by atoms with Gasteiger partial charge in [0, 0.05) is 17.5 Å². The molecule has 0 aliphatic carbocycles. The van der Waals surface area contributed by atoms with Gasteiger partial charge in [0.05, 0.1) is 11.3 Å². The maximum Gasteiger partial charge on any atom is 0.414 e. The molecule has 0 bridgehead atoms. The summed E-state index contributed by atoms with van der Waals surface area (Å²) in [5.41, 5.74) is 1.09. The number of carbonyl (C=O) groups excluding carboxylic acids is 1. The number of aryl methyl sites for hydroxylation is 1. The highest BCUT2D eigenvalue weighted by atomic mass is 19.4. The van der Waals surface area contributed by atoms with Crippen LogP contribution in [0.1, 0.15) is 27.8 Å². The number of hydrogen-bond donors (Lipinski definition) is 2. The Morgan fingerprint density at radius 3 is 2.42 bits per heavy atom. The van der Waals surface area contributed by atoms with Crippen molar-refractivity contribution < 1.29 is 18.0 Å². The van der Waals surface area contributed by atoms with Crippen molar-refractivity contribution in [2.24, 2.45) is 0 Å². The number of nitrogens with one attached hydrogen (secondary N) is 2. The molecule has 2 aromatic heterocycles. The first-order valence-corrected chi connectivity index (χ1v) is 7.77. The van der Waals surface area contributed by atoms with E-state index in [0.717, 1.165) is 0 Å². The van der Waals surface area contributed by atoms with E-state index in [2.05, 4.69) is 15.2 Å². The Kier molecular flexibility index (Phi) is 4.75. The van der Waals surface area contributed by atoms with Crippen molar-refractivity contribution in [3.05, 3.63) is 71.7 Å². The summed E-state index contributed by atoms with van der Waals surface area (Å²) in [6.07, 6.45) is -3.44. The van der Waals surface area contributed by atoms with Crippen LogP contribution in [0.15, 0.2) is 54.7 Å². The molecule has 1 aromatic carbocycles. The first-order chi connectivity index (χ1) is 12.4. The largest absolute Gasteiger partial charge is 0.414 e. The van der Waals surface area contributed by atoms with Gasteiger partial charge in [-0.25, -0.2) is 0 Å². The van der Waals surface area contributed by atoms with Crippen molar-refractivity contribution in [3.63, 3.8) is 0 Å². The summed E-state index contributed by atoms with van der Waals surface area (Å²) in [6, 6.07) is 10.7. The van der Waals surface area contributed by atoms with E-state index in [4.69, 9.17) is 0 Å². The van der Waals surface area contributed by atoms with E-state index in [1.165, 1.54) is 24.4 Å². The predicted molar refractivity (Wildman–Crippen MR) is 89.3 cm³/mol. The van der Waals surface area contributed by atoms with Crippen LogP contribution in [0.25, 0.3) is 11.3 Å². The van der Waals surface area contributed by atoms with Crippen LogP contribution in [0, 0.1) is 6.92 Å². The Morgan fingerprint density at radius 2 is 1.81 bits per heavy atom. The molecule has 0 saturated carbocycles. The van der Waals surface area contributed by atoms with E-state index in [1.54, 1.807) is 37.3 Å². The van der Waals surface area contributed by atoms with Crippen LogP contribution < -0.4 is 5.32 Å². The van der Waals surface area contributed by atoms with Gasteiger partial charge in [-0.15, -0.1) is 0 Å². The monoisotopic (exact) mass is 360 g/mol. The van der Waals surface area contributed by atoms with Crippen molar-refractivity contribution >= 4 is 5.91 Å². The highest BCUT2D eigenvalue weighted by Gasteiger charge is 2.43. The number of halogens is 3. The number of hydrogen-bond acceptors (Lipinski definition) is 3. The van der Waals surface area contributed by atoms with E-state index >= 15 is 0 Å². The zero-order valence-electron chi connectivity index (χ0n) is 13.7. The predicted octanol–water partition coefficient (Wildman–Crippen LogP) is 3.81. The number of nitrogens with zero attached hydrogens (tertiary/aromatic N) is 2. The molecule has 0 saturated heterocycles. The lowest BCUT2D eigenvalue weighted by Crippen LogP contribution is -2.39. The van der Waals surface area contributed by atoms with E-state index in [0.29, 0.717) is 17.0 Å². The van der Waals surface area contributed by atoms with Crippen molar-refractivity contribution in [3.8, 4) is 11.3 Å². The molecule has 1 amide bonds. The lowest BCUT2D eigenvalue weighted by Gasteiger charge is -2.21. The molecule has 26 heavy (non-hydrogen) atoms. The van der Waals surface area contributed by atoms with Crippen LogP contribution in [-0.2, 0) is 0 Å². The Hall–Kier alpha value is -3.16. The quantitative estimate of drug-likeness (QED) is 0.743. The van der Waals surface area contributed by atoms with Crippen molar-refractivity contribution in [1.82, 2.24) is 20.5 Å². The molecule has 134 valence electrons. The summed E-state index contributed by atoms with van der Waals surface area (Å²) in [7, 11) is 0. The summed E-state index contributed by atoms with van der Waals surface area (Å²) in [4.78, 5) is 16.4. The van der Waals surface area contributed by atoms with Gasteiger partial charge in [-0.3, -0.25) is 14.9 Å². The molecule has 0 fully saturated rings. The van der Waals surface area contributed by atoms with Gasteiger partial charge < -0.3 is 5.32 Å². The SMILES string of the molecule is Cc1[nH]nc(-c2ccccc2)c1C(=O)NC(c1ccccn1)C(F)(F)F. The zero-order chi connectivity index (χ0) is 18.7. The second-order valence-electron chi connectivity index (χ2n) is 5.64. The summed E-state index contributed by atoms with van der Waals surface area (Å²) in [5, 5.41) is 8.77. The summed E-state index contributed by atoms with van der Waals surface area (Å²) < 4.78 is 40.4. The van der Waals surface area contributed by atoms with Crippen LogP contribution in [0.2, 0.25) is 0 Å². The number of rotatable bonds is 4. The molecule has 0 spiro atoms. The standard InChI is InChI=1S/C18H15F3N4O/c1-11-14(15(25-24-11)12-7-3-2-4-8-12)17(26)23-16(18(19,20)21)13-9-5-6-10-22-13/h2-10,16H,1H3,(H,23,26)(H,24,25). The van der Waals surface area contributed by atoms with Crippen LogP contribution in [0.4, 0.5) is 13.2 Å². The minimum Gasteiger partial charge on any atom is -0.335 e. The average Bonchev–Trinajstić information content (AvgIpc) is 3.01. The molecule has 3 aromatic rings. The summed E-state index contributed by atoms with van der Waals surface area (Å²) in [6.45, 7) is 1.58. The Morgan fingerprint density at radius 1 is 1.12 bits per heavy atom. The number of carbonyl (C=O) groups is 1. The maximum absolute atomic E-state index is 13.5. The van der Waals surface area contributed by atoms with Gasteiger partial charge in [0.2, 0.25) is 0 Å². The highest BCUT2D eigenvalue weighted by molar-refractivity contribution is 6.01. The fourth-order valence-electron chi connectivity index (χ4n) is 2.59. The molecule has 2 N–H and O–H groups in total. The van der Waals surface area contributed by atoms with E-state index < -0.39 is 18.1 Å². The third-order valence-corrected chi connectivity index (χ3v) is 3.81. The van der Waals surface area contributed by atoms with Crippen molar-refractivity contribution in [2.75, 3.05) is 0 Å². The van der Waals surface area contributed by atoms with Gasteiger partial charge in [0.25, 0.3) is 5.91 Å². The smallest absolute Gasteiger partial charge is 0.335 e. The van der Waals surface area contributed by atoms with Crippen LogP contribution >= 0.6 is 0 Å². The van der Waals surface area contributed by atoms with Crippen LogP contribution in [-0.4, -0.2) is 27.3 Å².